The highest BCUT2D eigenvalue weighted by Gasteiger charge is 2.15. The van der Waals surface area contributed by atoms with Gasteiger partial charge in [0.05, 0.1) is 0 Å². The van der Waals surface area contributed by atoms with Crippen LogP contribution in [0.2, 0.25) is 0 Å². The molecule has 0 bridgehead atoms. The monoisotopic (exact) mass is 232 g/mol. The van der Waals surface area contributed by atoms with Gasteiger partial charge in [0.2, 0.25) is 0 Å². The second kappa shape index (κ2) is 7.05. The van der Waals surface area contributed by atoms with Gasteiger partial charge < -0.3 is 14.9 Å². The zero-order valence-electron chi connectivity index (χ0n) is 10.3. The first-order chi connectivity index (χ1) is 7.35. The molecule has 16 heavy (non-hydrogen) atoms. The molecule has 0 fully saturated rings. The molecule has 6 heteroatoms. The van der Waals surface area contributed by atoms with E-state index >= 15 is 0 Å². The minimum absolute atomic E-state index is 0.247. The number of amides is 1. The van der Waals surface area contributed by atoms with E-state index in [4.69, 9.17) is 4.74 Å². The van der Waals surface area contributed by atoms with Crippen molar-refractivity contribution in [2.75, 3.05) is 13.6 Å². The van der Waals surface area contributed by atoms with E-state index in [2.05, 4.69) is 15.6 Å². The maximum atomic E-state index is 11.2. The van der Waals surface area contributed by atoms with E-state index in [-0.39, 0.29) is 12.4 Å². The van der Waals surface area contributed by atoms with Gasteiger partial charge in [-0.1, -0.05) is 0 Å². The van der Waals surface area contributed by atoms with Gasteiger partial charge in [-0.15, -0.1) is 0 Å². The molecule has 0 atom stereocenters. The van der Waals surface area contributed by atoms with Crippen molar-refractivity contribution in [1.29, 1.82) is 0 Å². The van der Waals surface area contributed by atoms with E-state index in [9.17, 15) is 9.59 Å². The first-order valence-electron chi connectivity index (χ1n) is 5.18. The molecule has 0 aliphatic rings. The van der Waals surface area contributed by atoms with Crippen LogP contribution in [-0.4, -0.2) is 31.3 Å². The second-order valence-corrected chi connectivity index (χ2v) is 4.21. The molecular formula is C10H20N2O4. The molecule has 0 radical (unpaired) electrons. The highest BCUT2D eigenvalue weighted by atomic mass is 16.7. The average molecular weight is 232 g/mol. The standard InChI is InChI=1S/C10H20N2O4/c1-10(2,3)15-9(14)12-7-5-6-8(13)16-11-4/h11H,5-7H2,1-4H3,(H,12,14). The van der Waals surface area contributed by atoms with Crippen molar-refractivity contribution in [3.8, 4) is 0 Å². The van der Waals surface area contributed by atoms with E-state index < -0.39 is 11.7 Å². The summed E-state index contributed by atoms with van der Waals surface area (Å²) in [6.45, 7) is 5.75. The number of rotatable bonds is 5. The van der Waals surface area contributed by atoms with Crippen molar-refractivity contribution in [2.45, 2.75) is 39.2 Å². The molecule has 0 spiro atoms. The summed E-state index contributed by atoms with van der Waals surface area (Å²) >= 11 is 0. The number of hydroxylamine groups is 1. The minimum atomic E-state index is -0.505. The summed E-state index contributed by atoms with van der Waals surface area (Å²) in [6, 6.07) is 0. The zero-order valence-corrected chi connectivity index (χ0v) is 10.3. The first kappa shape index (κ1) is 14.7. The molecule has 0 aromatic heterocycles. The van der Waals surface area contributed by atoms with Gasteiger partial charge in [0.1, 0.15) is 5.60 Å². The topological polar surface area (TPSA) is 76.7 Å². The maximum absolute atomic E-state index is 11.2. The van der Waals surface area contributed by atoms with Crippen LogP contribution in [0.5, 0.6) is 0 Å². The molecular weight excluding hydrogens is 212 g/mol. The first-order valence-corrected chi connectivity index (χ1v) is 5.18. The third kappa shape index (κ3) is 9.26. The van der Waals surface area contributed by atoms with Crippen molar-refractivity contribution in [3.63, 3.8) is 0 Å². The van der Waals surface area contributed by atoms with E-state index in [1.165, 1.54) is 7.05 Å². The van der Waals surface area contributed by atoms with Crippen LogP contribution >= 0.6 is 0 Å². The van der Waals surface area contributed by atoms with Gasteiger partial charge in [0, 0.05) is 20.0 Å². The molecule has 0 aromatic carbocycles. The highest BCUT2D eigenvalue weighted by molar-refractivity contribution is 5.69. The van der Waals surface area contributed by atoms with Gasteiger partial charge >= 0.3 is 12.1 Å². The smallest absolute Gasteiger partial charge is 0.407 e. The SMILES string of the molecule is CNOC(=O)CCCNC(=O)OC(C)(C)C. The van der Waals surface area contributed by atoms with Crippen LogP contribution in [0.4, 0.5) is 4.79 Å². The quantitative estimate of drug-likeness (QED) is 0.545. The Morgan fingerprint density at radius 3 is 2.38 bits per heavy atom. The highest BCUT2D eigenvalue weighted by Crippen LogP contribution is 2.06. The van der Waals surface area contributed by atoms with Crippen molar-refractivity contribution >= 4 is 12.1 Å². The van der Waals surface area contributed by atoms with Gasteiger partial charge in [-0.2, -0.15) is 5.48 Å². The number of alkyl carbamates (subject to hydrolysis) is 1. The average Bonchev–Trinajstić information content (AvgIpc) is 2.10. The zero-order chi connectivity index (χ0) is 12.6. The van der Waals surface area contributed by atoms with Gasteiger partial charge in [0.15, 0.2) is 0 Å². The van der Waals surface area contributed by atoms with Gasteiger partial charge in [0.25, 0.3) is 0 Å². The summed E-state index contributed by atoms with van der Waals surface area (Å²) in [6.07, 6.45) is 0.283. The van der Waals surface area contributed by atoms with Crippen molar-refractivity contribution in [2.24, 2.45) is 0 Å². The molecule has 0 aromatic rings. The van der Waals surface area contributed by atoms with Crippen LogP contribution in [0.1, 0.15) is 33.6 Å². The molecule has 6 nitrogen and oxygen atoms in total. The lowest BCUT2D eigenvalue weighted by Crippen LogP contribution is -2.33. The number of carbonyl (C=O) groups is 2. The maximum Gasteiger partial charge on any atom is 0.407 e. The number of hydrogen-bond acceptors (Lipinski definition) is 5. The van der Waals surface area contributed by atoms with E-state index in [1.54, 1.807) is 20.8 Å². The van der Waals surface area contributed by atoms with Crippen molar-refractivity contribution in [3.05, 3.63) is 0 Å². The Kier molecular flexibility index (Phi) is 6.48. The molecule has 1 amide bonds. The number of nitrogens with one attached hydrogen (secondary N) is 2. The normalized spacial score (nSPS) is 10.8. The summed E-state index contributed by atoms with van der Waals surface area (Å²) in [7, 11) is 1.51. The van der Waals surface area contributed by atoms with Crippen LogP contribution in [0.3, 0.4) is 0 Å². The lowest BCUT2D eigenvalue weighted by Gasteiger charge is -2.19. The fourth-order valence-electron chi connectivity index (χ4n) is 0.902. The summed E-state index contributed by atoms with van der Waals surface area (Å²) in [5, 5.41) is 2.55. The van der Waals surface area contributed by atoms with E-state index in [0.29, 0.717) is 13.0 Å². The van der Waals surface area contributed by atoms with Gasteiger partial charge in [-0.05, 0) is 27.2 Å². The Labute approximate surface area is 95.6 Å². The fourth-order valence-corrected chi connectivity index (χ4v) is 0.902. The Morgan fingerprint density at radius 2 is 1.88 bits per heavy atom. The molecule has 0 aliphatic heterocycles. The molecule has 2 N–H and O–H groups in total. The van der Waals surface area contributed by atoms with E-state index in [0.717, 1.165) is 0 Å². The number of hydrogen-bond donors (Lipinski definition) is 2. The predicted octanol–water partition coefficient (Wildman–Crippen LogP) is 0.969. The second-order valence-electron chi connectivity index (χ2n) is 4.21. The predicted molar refractivity (Wildman–Crippen MR) is 58.6 cm³/mol. The molecule has 94 valence electrons. The van der Waals surface area contributed by atoms with Crippen LogP contribution in [-0.2, 0) is 14.4 Å². The third-order valence-corrected chi connectivity index (χ3v) is 1.44. The lowest BCUT2D eigenvalue weighted by atomic mass is 10.2. The molecule has 0 unspecified atom stereocenters. The van der Waals surface area contributed by atoms with Crippen LogP contribution in [0, 0.1) is 0 Å². The minimum Gasteiger partial charge on any atom is -0.444 e. The molecule has 0 heterocycles. The van der Waals surface area contributed by atoms with E-state index in [1.807, 2.05) is 0 Å². The summed E-state index contributed by atoms with van der Waals surface area (Å²) in [5.41, 5.74) is 1.78. The molecule has 0 saturated heterocycles. The lowest BCUT2D eigenvalue weighted by molar-refractivity contribution is -0.150. The van der Waals surface area contributed by atoms with Crippen molar-refractivity contribution in [1.82, 2.24) is 10.8 Å². The molecule has 0 aliphatic carbocycles. The molecule has 0 saturated carbocycles. The van der Waals surface area contributed by atoms with Crippen LogP contribution in [0.25, 0.3) is 0 Å². The number of carbonyl (C=O) groups excluding carboxylic acids is 2. The van der Waals surface area contributed by atoms with Crippen LogP contribution in [0.15, 0.2) is 0 Å². The number of ether oxygens (including phenoxy) is 1. The Morgan fingerprint density at radius 1 is 1.25 bits per heavy atom. The summed E-state index contributed by atoms with van der Waals surface area (Å²) in [5.74, 6) is -0.353. The largest absolute Gasteiger partial charge is 0.444 e. The van der Waals surface area contributed by atoms with Crippen molar-refractivity contribution < 1.29 is 19.2 Å². The summed E-state index contributed by atoms with van der Waals surface area (Å²) in [4.78, 5) is 26.6. The third-order valence-electron chi connectivity index (χ3n) is 1.44. The molecule has 0 rings (SSSR count). The Bertz CT molecular complexity index is 235. The Balaban J connectivity index is 3.52. The fraction of sp³-hybridized carbons (Fsp3) is 0.800. The Hall–Kier alpha value is -1.30. The summed E-state index contributed by atoms with van der Waals surface area (Å²) < 4.78 is 5.01. The van der Waals surface area contributed by atoms with Gasteiger partial charge in [-0.25, -0.2) is 4.79 Å². The van der Waals surface area contributed by atoms with Gasteiger partial charge in [-0.3, -0.25) is 4.79 Å². The van der Waals surface area contributed by atoms with Crippen LogP contribution < -0.4 is 10.8 Å².